The van der Waals surface area contributed by atoms with E-state index in [0.717, 1.165) is 30.2 Å². The van der Waals surface area contributed by atoms with Crippen LogP contribution in [0, 0.1) is 0 Å². The highest BCUT2D eigenvalue weighted by Gasteiger charge is 2.03. The number of imidazole rings is 1. The second-order valence-corrected chi connectivity index (χ2v) is 5.83. The number of nitrogens with one attached hydrogen (secondary N) is 1. The van der Waals surface area contributed by atoms with Crippen molar-refractivity contribution < 1.29 is 4.74 Å². The van der Waals surface area contributed by atoms with Gasteiger partial charge in [0.1, 0.15) is 11.6 Å². The summed E-state index contributed by atoms with van der Waals surface area (Å²) >= 11 is 0. The van der Waals surface area contributed by atoms with Crippen LogP contribution in [0.4, 0.5) is 5.69 Å². The van der Waals surface area contributed by atoms with Crippen molar-refractivity contribution in [1.29, 1.82) is 0 Å². The zero-order valence-electron chi connectivity index (χ0n) is 14.8. The number of hydrogen-bond acceptors (Lipinski definition) is 3. The van der Waals surface area contributed by atoms with Gasteiger partial charge in [0, 0.05) is 37.6 Å². The van der Waals surface area contributed by atoms with E-state index in [1.54, 1.807) is 7.11 Å². The van der Waals surface area contributed by atoms with Crippen LogP contribution in [-0.4, -0.2) is 29.2 Å². The molecule has 0 aliphatic heterocycles. The summed E-state index contributed by atoms with van der Waals surface area (Å²) in [6, 6.07) is 17.9. The van der Waals surface area contributed by atoms with Crippen LogP contribution >= 0.6 is 0 Å². The zero-order chi connectivity index (χ0) is 18.2. The summed E-state index contributed by atoms with van der Waals surface area (Å²) in [5.74, 6) is 2.18. The Kier molecular flexibility index (Phi) is 5.88. The fraction of sp³-hybridized carbons (Fsp3) is 0.200. The highest BCUT2D eigenvalue weighted by molar-refractivity contribution is 5.92. The summed E-state index contributed by atoms with van der Waals surface area (Å²) in [5.41, 5.74) is 8.08. The molecule has 0 unspecified atom stereocenters. The van der Waals surface area contributed by atoms with E-state index in [2.05, 4.69) is 32.0 Å². The van der Waals surface area contributed by atoms with Crippen LogP contribution < -0.4 is 15.8 Å². The molecule has 1 aromatic heterocycles. The summed E-state index contributed by atoms with van der Waals surface area (Å²) < 4.78 is 7.27. The number of nitrogens with two attached hydrogens (primary N) is 1. The molecule has 3 aromatic rings. The van der Waals surface area contributed by atoms with Gasteiger partial charge in [-0.1, -0.05) is 30.3 Å². The van der Waals surface area contributed by atoms with Crippen molar-refractivity contribution in [2.75, 3.05) is 19.0 Å². The Balaban J connectivity index is 1.54. The topological polar surface area (TPSA) is 77.5 Å². The van der Waals surface area contributed by atoms with Gasteiger partial charge in [0.2, 0.25) is 0 Å². The molecule has 0 aliphatic carbocycles. The van der Waals surface area contributed by atoms with Crippen molar-refractivity contribution in [3.05, 3.63) is 78.4 Å². The first-order valence-electron chi connectivity index (χ1n) is 8.49. The number of rotatable bonds is 7. The number of ether oxygens (including phenoxy) is 1. The van der Waals surface area contributed by atoms with Crippen molar-refractivity contribution in [2.24, 2.45) is 10.7 Å². The van der Waals surface area contributed by atoms with E-state index in [9.17, 15) is 0 Å². The lowest BCUT2D eigenvalue weighted by Crippen LogP contribution is -2.23. The SMILES string of the molecule is COc1ccc(NC(N)=NCCc2nccn2Cc2ccccc2)cc1. The number of guanidine groups is 1. The van der Waals surface area contributed by atoms with Crippen molar-refractivity contribution in [2.45, 2.75) is 13.0 Å². The number of anilines is 1. The maximum absolute atomic E-state index is 5.96. The number of benzene rings is 2. The fourth-order valence-electron chi connectivity index (χ4n) is 2.63. The number of methoxy groups -OCH3 is 1. The first kappa shape index (κ1) is 17.5. The lowest BCUT2D eigenvalue weighted by molar-refractivity contribution is 0.415. The summed E-state index contributed by atoms with van der Waals surface area (Å²) in [4.78, 5) is 8.81. The van der Waals surface area contributed by atoms with E-state index >= 15 is 0 Å². The second kappa shape index (κ2) is 8.71. The van der Waals surface area contributed by atoms with Crippen LogP contribution in [0.15, 0.2) is 72.0 Å². The van der Waals surface area contributed by atoms with Gasteiger partial charge in [0.25, 0.3) is 0 Å². The third-order valence-corrected chi connectivity index (χ3v) is 3.98. The van der Waals surface area contributed by atoms with Crippen LogP contribution in [0.3, 0.4) is 0 Å². The summed E-state index contributed by atoms with van der Waals surface area (Å²) in [7, 11) is 1.64. The molecule has 26 heavy (non-hydrogen) atoms. The van der Waals surface area contributed by atoms with Gasteiger partial charge < -0.3 is 20.4 Å². The molecule has 0 aliphatic rings. The smallest absolute Gasteiger partial charge is 0.193 e. The van der Waals surface area contributed by atoms with E-state index in [0.29, 0.717) is 12.5 Å². The molecule has 6 nitrogen and oxygen atoms in total. The van der Waals surface area contributed by atoms with Crippen LogP contribution in [0.25, 0.3) is 0 Å². The molecule has 0 fully saturated rings. The minimum atomic E-state index is 0.385. The predicted octanol–water partition coefficient (Wildman–Crippen LogP) is 2.91. The monoisotopic (exact) mass is 349 g/mol. The van der Waals surface area contributed by atoms with Gasteiger partial charge in [0.15, 0.2) is 5.96 Å². The maximum atomic E-state index is 5.96. The highest BCUT2D eigenvalue weighted by atomic mass is 16.5. The molecule has 0 amide bonds. The van der Waals surface area contributed by atoms with Crippen LogP contribution in [0.1, 0.15) is 11.4 Å². The Morgan fingerprint density at radius 1 is 1.15 bits per heavy atom. The van der Waals surface area contributed by atoms with Crippen LogP contribution in [0.5, 0.6) is 5.75 Å². The molecule has 3 N–H and O–H groups in total. The first-order valence-corrected chi connectivity index (χ1v) is 8.49. The van der Waals surface area contributed by atoms with E-state index in [1.165, 1.54) is 5.56 Å². The van der Waals surface area contributed by atoms with Crippen LogP contribution in [-0.2, 0) is 13.0 Å². The summed E-state index contributed by atoms with van der Waals surface area (Å²) in [5, 5.41) is 3.07. The summed E-state index contributed by atoms with van der Waals surface area (Å²) in [6.07, 6.45) is 4.54. The van der Waals surface area contributed by atoms with Crippen molar-refractivity contribution >= 4 is 11.6 Å². The van der Waals surface area contributed by atoms with Gasteiger partial charge >= 0.3 is 0 Å². The van der Waals surface area contributed by atoms with Gasteiger partial charge in [-0.3, -0.25) is 4.99 Å². The zero-order valence-corrected chi connectivity index (χ0v) is 14.8. The molecule has 3 rings (SSSR count). The van der Waals surface area contributed by atoms with Crippen molar-refractivity contribution in [1.82, 2.24) is 9.55 Å². The quantitative estimate of drug-likeness (QED) is 0.508. The fourth-order valence-corrected chi connectivity index (χ4v) is 2.63. The minimum absolute atomic E-state index is 0.385. The lowest BCUT2D eigenvalue weighted by Gasteiger charge is -2.08. The average Bonchev–Trinajstić information content (AvgIpc) is 3.10. The third kappa shape index (κ3) is 4.86. The largest absolute Gasteiger partial charge is 0.497 e. The second-order valence-electron chi connectivity index (χ2n) is 5.83. The summed E-state index contributed by atoms with van der Waals surface area (Å²) in [6.45, 7) is 1.38. The third-order valence-electron chi connectivity index (χ3n) is 3.98. The Bertz CT molecular complexity index is 840. The van der Waals surface area contributed by atoms with E-state index in [1.807, 2.05) is 54.9 Å². The molecule has 0 radical (unpaired) electrons. The van der Waals surface area contributed by atoms with E-state index < -0.39 is 0 Å². The molecule has 0 saturated carbocycles. The van der Waals surface area contributed by atoms with E-state index in [-0.39, 0.29) is 0 Å². The molecule has 0 saturated heterocycles. The van der Waals surface area contributed by atoms with Crippen molar-refractivity contribution in [3.8, 4) is 5.75 Å². The van der Waals surface area contributed by atoms with E-state index in [4.69, 9.17) is 10.5 Å². The molecular weight excluding hydrogens is 326 g/mol. The molecule has 2 aromatic carbocycles. The number of aliphatic imine (C=N–C) groups is 1. The molecule has 6 heteroatoms. The first-order chi connectivity index (χ1) is 12.7. The molecule has 0 bridgehead atoms. The Hall–Kier alpha value is -3.28. The van der Waals surface area contributed by atoms with Gasteiger partial charge in [-0.25, -0.2) is 4.98 Å². The van der Waals surface area contributed by atoms with Crippen LogP contribution in [0.2, 0.25) is 0 Å². The standard InChI is InChI=1S/C20H23N5O/c1-26-18-9-7-17(8-10-18)24-20(21)23-12-11-19-22-13-14-25(19)15-16-5-3-2-4-6-16/h2-10,13-14H,11-12,15H2,1H3,(H3,21,23,24). The van der Waals surface area contributed by atoms with Gasteiger partial charge in [-0.2, -0.15) is 0 Å². The molecule has 0 spiro atoms. The molecule has 134 valence electrons. The van der Waals surface area contributed by atoms with Gasteiger partial charge in [-0.05, 0) is 29.8 Å². The number of aromatic nitrogens is 2. The lowest BCUT2D eigenvalue weighted by atomic mass is 10.2. The number of hydrogen-bond donors (Lipinski definition) is 2. The highest BCUT2D eigenvalue weighted by Crippen LogP contribution is 2.14. The predicted molar refractivity (Wildman–Crippen MR) is 105 cm³/mol. The Morgan fingerprint density at radius 2 is 1.92 bits per heavy atom. The average molecular weight is 349 g/mol. The molecule has 1 heterocycles. The normalized spacial score (nSPS) is 11.3. The molecular formula is C20H23N5O. The molecule has 0 atom stereocenters. The Labute approximate surface area is 153 Å². The Morgan fingerprint density at radius 3 is 2.65 bits per heavy atom. The number of nitrogens with zero attached hydrogens (tertiary/aromatic N) is 3. The minimum Gasteiger partial charge on any atom is -0.497 e. The maximum Gasteiger partial charge on any atom is 0.193 e. The van der Waals surface area contributed by atoms with Gasteiger partial charge in [-0.15, -0.1) is 0 Å². The van der Waals surface area contributed by atoms with Gasteiger partial charge in [0.05, 0.1) is 7.11 Å². The van der Waals surface area contributed by atoms with Crippen molar-refractivity contribution in [3.63, 3.8) is 0 Å².